The van der Waals surface area contributed by atoms with Crippen molar-refractivity contribution in [1.82, 2.24) is 5.32 Å². The molecule has 0 unspecified atom stereocenters. The van der Waals surface area contributed by atoms with Crippen molar-refractivity contribution < 1.29 is 9.47 Å². The van der Waals surface area contributed by atoms with E-state index in [4.69, 9.17) is 21.1 Å². The predicted octanol–water partition coefficient (Wildman–Crippen LogP) is 3.42. The Balaban J connectivity index is 1.57. The molecule has 2 aromatic rings. The Morgan fingerprint density at radius 1 is 1.17 bits per heavy atom. The van der Waals surface area contributed by atoms with Gasteiger partial charge in [0, 0.05) is 23.3 Å². The average molecular weight is 282 g/mol. The highest BCUT2D eigenvalue weighted by Gasteiger charge is 2.12. The Bertz CT molecular complexity index is 556. The highest BCUT2D eigenvalue weighted by molar-refractivity contribution is 7.10. The molecule has 5 heteroatoms. The molecule has 94 valence electrons. The number of halogens is 1. The van der Waals surface area contributed by atoms with Gasteiger partial charge < -0.3 is 14.8 Å². The molecule has 0 spiro atoms. The summed E-state index contributed by atoms with van der Waals surface area (Å²) in [6, 6.07) is 7.98. The third-order valence-corrected chi connectivity index (χ3v) is 3.97. The molecule has 1 aromatic carbocycles. The summed E-state index contributed by atoms with van der Waals surface area (Å²) in [5.74, 6) is 1.65. The van der Waals surface area contributed by atoms with Gasteiger partial charge in [0.1, 0.15) is 0 Å². The van der Waals surface area contributed by atoms with Gasteiger partial charge in [-0.3, -0.25) is 0 Å². The van der Waals surface area contributed by atoms with Crippen LogP contribution in [0.2, 0.25) is 5.02 Å². The van der Waals surface area contributed by atoms with Crippen molar-refractivity contribution in [2.75, 3.05) is 6.79 Å². The zero-order chi connectivity index (χ0) is 12.4. The van der Waals surface area contributed by atoms with Crippen LogP contribution < -0.4 is 14.8 Å². The number of nitrogens with one attached hydrogen (secondary N) is 1. The smallest absolute Gasteiger partial charge is 0.231 e. The van der Waals surface area contributed by atoms with Gasteiger partial charge in [-0.05, 0) is 23.8 Å². The number of ether oxygens (including phenoxy) is 2. The van der Waals surface area contributed by atoms with Crippen LogP contribution in [-0.4, -0.2) is 6.79 Å². The molecule has 1 aliphatic rings. The van der Waals surface area contributed by atoms with Crippen LogP contribution >= 0.6 is 22.9 Å². The molecule has 0 saturated heterocycles. The van der Waals surface area contributed by atoms with Crippen LogP contribution in [0.4, 0.5) is 0 Å². The lowest BCUT2D eigenvalue weighted by Crippen LogP contribution is -2.11. The molecule has 0 fully saturated rings. The number of hydrogen-bond acceptors (Lipinski definition) is 4. The third-order valence-electron chi connectivity index (χ3n) is 2.69. The molecule has 3 rings (SSSR count). The standard InChI is InChI=1S/C13H12ClNO2S/c14-10-4-11(18-7-10)6-15-5-9-1-2-12-13(3-9)17-8-16-12/h1-4,7,15H,5-6,8H2. The summed E-state index contributed by atoms with van der Waals surface area (Å²) < 4.78 is 10.6. The van der Waals surface area contributed by atoms with E-state index in [0.29, 0.717) is 6.79 Å². The van der Waals surface area contributed by atoms with Crippen molar-refractivity contribution in [2.24, 2.45) is 0 Å². The number of thiophene rings is 1. The molecule has 3 nitrogen and oxygen atoms in total. The van der Waals surface area contributed by atoms with Gasteiger partial charge in [0.05, 0.1) is 5.02 Å². The second-order valence-electron chi connectivity index (χ2n) is 4.02. The van der Waals surface area contributed by atoms with E-state index in [2.05, 4.69) is 5.32 Å². The van der Waals surface area contributed by atoms with E-state index >= 15 is 0 Å². The second-order valence-corrected chi connectivity index (χ2v) is 5.45. The minimum absolute atomic E-state index is 0.319. The summed E-state index contributed by atoms with van der Waals surface area (Å²) in [6.07, 6.45) is 0. The van der Waals surface area contributed by atoms with Crippen LogP contribution in [0.25, 0.3) is 0 Å². The van der Waals surface area contributed by atoms with Crippen LogP contribution in [0.15, 0.2) is 29.6 Å². The number of benzene rings is 1. The normalized spacial score (nSPS) is 12.9. The van der Waals surface area contributed by atoms with E-state index < -0.39 is 0 Å². The number of rotatable bonds is 4. The molecule has 0 bridgehead atoms. The average Bonchev–Trinajstić information content (AvgIpc) is 2.97. The maximum absolute atomic E-state index is 5.87. The van der Waals surface area contributed by atoms with Crippen molar-refractivity contribution >= 4 is 22.9 Å². The third kappa shape index (κ3) is 2.61. The molecule has 1 N–H and O–H groups in total. The monoisotopic (exact) mass is 281 g/mol. The molecule has 0 amide bonds. The lowest BCUT2D eigenvalue weighted by atomic mass is 10.2. The first kappa shape index (κ1) is 11.8. The van der Waals surface area contributed by atoms with E-state index in [1.165, 1.54) is 10.4 Å². The molecule has 0 aliphatic carbocycles. The Kier molecular flexibility index (Phi) is 3.41. The molecule has 18 heavy (non-hydrogen) atoms. The fourth-order valence-corrected chi connectivity index (χ4v) is 2.87. The largest absolute Gasteiger partial charge is 0.454 e. The minimum Gasteiger partial charge on any atom is -0.454 e. The first-order valence-electron chi connectivity index (χ1n) is 5.63. The van der Waals surface area contributed by atoms with Crippen molar-refractivity contribution in [3.05, 3.63) is 45.1 Å². The van der Waals surface area contributed by atoms with E-state index in [9.17, 15) is 0 Å². The topological polar surface area (TPSA) is 30.5 Å². The van der Waals surface area contributed by atoms with Crippen LogP contribution in [-0.2, 0) is 13.1 Å². The first-order valence-corrected chi connectivity index (χ1v) is 6.89. The number of fused-ring (bicyclic) bond motifs is 1. The predicted molar refractivity (Wildman–Crippen MR) is 72.4 cm³/mol. The maximum atomic E-state index is 5.87. The van der Waals surface area contributed by atoms with Crippen molar-refractivity contribution in [3.63, 3.8) is 0 Å². The van der Waals surface area contributed by atoms with Gasteiger partial charge in [-0.25, -0.2) is 0 Å². The lowest BCUT2D eigenvalue weighted by molar-refractivity contribution is 0.174. The SMILES string of the molecule is Clc1csc(CNCc2ccc3c(c2)OCO3)c1. The Hall–Kier alpha value is -1.23. The fourth-order valence-electron chi connectivity index (χ4n) is 1.83. The second kappa shape index (κ2) is 5.18. The molecule has 1 aromatic heterocycles. The van der Waals surface area contributed by atoms with Crippen molar-refractivity contribution in [3.8, 4) is 11.5 Å². The molecule has 2 heterocycles. The first-order chi connectivity index (χ1) is 8.81. The van der Waals surface area contributed by atoms with Crippen molar-refractivity contribution in [1.29, 1.82) is 0 Å². The summed E-state index contributed by atoms with van der Waals surface area (Å²) in [5, 5.41) is 6.13. The summed E-state index contributed by atoms with van der Waals surface area (Å²) in [5.41, 5.74) is 1.18. The molecule has 1 aliphatic heterocycles. The molecular weight excluding hydrogens is 270 g/mol. The van der Waals surface area contributed by atoms with Gasteiger partial charge in [0.15, 0.2) is 11.5 Å². The van der Waals surface area contributed by atoms with Crippen molar-refractivity contribution in [2.45, 2.75) is 13.1 Å². The lowest BCUT2D eigenvalue weighted by Gasteiger charge is -2.04. The van der Waals surface area contributed by atoms with E-state index in [-0.39, 0.29) is 0 Å². The van der Waals surface area contributed by atoms with Gasteiger partial charge in [0.2, 0.25) is 6.79 Å². The zero-order valence-electron chi connectivity index (χ0n) is 9.61. The summed E-state index contributed by atoms with van der Waals surface area (Å²) in [4.78, 5) is 1.24. The van der Waals surface area contributed by atoms with Gasteiger partial charge >= 0.3 is 0 Å². The molecule has 0 saturated carbocycles. The van der Waals surface area contributed by atoms with E-state index in [0.717, 1.165) is 29.6 Å². The van der Waals surface area contributed by atoms with Crippen LogP contribution in [0.5, 0.6) is 11.5 Å². The summed E-state index contributed by atoms with van der Waals surface area (Å²) in [7, 11) is 0. The van der Waals surface area contributed by atoms with Gasteiger partial charge in [-0.1, -0.05) is 17.7 Å². The highest BCUT2D eigenvalue weighted by Crippen LogP contribution is 2.32. The van der Waals surface area contributed by atoms with E-state index in [1.807, 2.05) is 29.6 Å². The molecule has 0 atom stereocenters. The van der Waals surface area contributed by atoms with E-state index in [1.54, 1.807) is 11.3 Å². The zero-order valence-corrected chi connectivity index (χ0v) is 11.2. The fraction of sp³-hybridized carbons (Fsp3) is 0.231. The highest BCUT2D eigenvalue weighted by atomic mass is 35.5. The minimum atomic E-state index is 0.319. The summed E-state index contributed by atoms with van der Waals surface area (Å²) in [6.45, 7) is 1.94. The quantitative estimate of drug-likeness (QED) is 0.931. The maximum Gasteiger partial charge on any atom is 0.231 e. The van der Waals surface area contributed by atoms with Gasteiger partial charge in [-0.2, -0.15) is 0 Å². The van der Waals surface area contributed by atoms with Gasteiger partial charge in [0.25, 0.3) is 0 Å². The number of hydrogen-bond donors (Lipinski definition) is 1. The Morgan fingerprint density at radius 3 is 2.89 bits per heavy atom. The van der Waals surface area contributed by atoms with Gasteiger partial charge in [-0.15, -0.1) is 11.3 Å². The van der Waals surface area contributed by atoms with Crippen LogP contribution in [0.1, 0.15) is 10.4 Å². The summed E-state index contributed by atoms with van der Waals surface area (Å²) >= 11 is 7.54. The van der Waals surface area contributed by atoms with Crippen LogP contribution in [0.3, 0.4) is 0 Å². The Labute approximate surface area is 114 Å². The Morgan fingerprint density at radius 2 is 2.06 bits per heavy atom. The molecular formula is C13H12ClNO2S. The van der Waals surface area contributed by atoms with Crippen LogP contribution in [0, 0.1) is 0 Å². The molecule has 0 radical (unpaired) electrons.